The van der Waals surface area contributed by atoms with Gasteiger partial charge in [0, 0.05) is 0 Å². The van der Waals surface area contributed by atoms with E-state index in [0.29, 0.717) is 19.4 Å². The largest absolute Gasteiger partial charge is 0.481 e. The van der Waals surface area contributed by atoms with Crippen LogP contribution in [0.5, 0.6) is 0 Å². The van der Waals surface area contributed by atoms with Gasteiger partial charge in [-0.25, -0.2) is 4.79 Å². The number of nitrogens with two attached hydrogens (primary N) is 2. The third-order valence-corrected chi connectivity index (χ3v) is 3.79. The van der Waals surface area contributed by atoms with Crippen LogP contribution in [0.3, 0.4) is 0 Å². The topological polar surface area (TPSA) is 251 Å². The van der Waals surface area contributed by atoms with Gasteiger partial charge in [0.05, 0.1) is 19.4 Å². The number of carbonyl (C=O) groups excluding carboxylic acids is 3. The van der Waals surface area contributed by atoms with Crippen molar-refractivity contribution >= 4 is 35.6 Å². The number of nitrogens with one attached hydrogen (secondary N) is 3. The van der Waals surface area contributed by atoms with Gasteiger partial charge in [-0.3, -0.25) is 24.0 Å². The smallest absolute Gasteiger partial charge is 0.326 e. The van der Waals surface area contributed by atoms with Crippen LogP contribution in [0.2, 0.25) is 0 Å². The van der Waals surface area contributed by atoms with Gasteiger partial charge in [0.1, 0.15) is 18.1 Å². The molecule has 14 heteroatoms. The van der Waals surface area contributed by atoms with Gasteiger partial charge in [0.25, 0.3) is 0 Å². The fourth-order valence-electron chi connectivity index (χ4n) is 2.32. The Kier molecular flexibility index (Phi) is 12.3. The van der Waals surface area contributed by atoms with E-state index in [-0.39, 0.29) is 6.42 Å². The highest BCUT2D eigenvalue weighted by molar-refractivity contribution is 5.95. The first-order chi connectivity index (χ1) is 14.0. The van der Waals surface area contributed by atoms with Gasteiger partial charge >= 0.3 is 17.9 Å². The molecule has 0 radical (unpaired) electrons. The first kappa shape index (κ1) is 26.7. The van der Waals surface area contributed by atoms with Gasteiger partial charge in [0.2, 0.25) is 17.7 Å². The molecule has 30 heavy (non-hydrogen) atoms. The van der Waals surface area contributed by atoms with Crippen molar-refractivity contribution in [1.82, 2.24) is 16.0 Å². The Balaban J connectivity index is 5.36. The van der Waals surface area contributed by atoms with Crippen LogP contribution >= 0.6 is 0 Å². The lowest BCUT2D eigenvalue weighted by atomic mass is 10.1. The molecular formula is C16H27N5O9. The van der Waals surface area contributed by atoms with Crippen LogP contribution in [-0.2, 0) is 28.8 Å². The summed E-state index contributed by atoms with van der Waals surface area (Å²) in [4.78, 5) is 69.2. The number of carboxylic acids is 3. The molecule has 10 N–H and O–H groups in total. The normalized spacial score (nSPS) is 13.4. The summed E-state index contributed by atoms with van der Waals surface area (Å²) >= 11 is 0. The number of aliphatic carboxylic acids is 3. The Labute approximate surface area is 171 Å². The minimum atomic E-state index is -1.83. The molecule has 0 aromatic carbocycles. The van der Waals surface area contributed by atoms with Crippen LogP contribution in [0.4, 0.5) is 0 Å². The quantitative estimate of drug-likeness (QED) is 0.118. The number of carboxylic acid groups (broad SMARTS) is 3. The Morgan fingerprint density at radius 2 is 1.20 bits per heavy atom. The van der Waals surface area contributed by atoms with Gasteiger partial charge in [-0.2, -0.15) is 0 Å². The maximum Gasteiger partial charge on any atom is 0.326 e. The van der Waals surface area contributed by atoms with Gasteiger partial charge in [-0.15, -0.1) is 0 Å². The molecule has 0 aliphatic heterocycles. The van der Waals surface area contributed by atoms with E-state index < -0.39 is 73.1 Å². The summed E-state index contributed by atoms with van der Waals surface area (Å²) in [7, 11) is 0. The van der Waals surface area contributed by atoms with Crippen molar-refractivity contribution < 1.29 is 44.1 Å². The second-order valence-electron chi connectivity index (χ2n) is 6.26. The van der Waals surface area contributed by atoms with Crippen LogP contribution in [0.15, 0.2) is 0 Å². The van der Waals surface area contributed by atoms with E-state index in [9.17, 15) is 28.8 Å². The molecule has 0 spiro atoms. The van der Waals surface area contributed by atoms with Crippen LogP contribution in [0, 0.1) is 0 Å². The predicted octanol–water partition coefficient (Wildman–Crippen LogP) is -3.44. The molecule has 0 aromatic rings. The molecule has 0 fully saturated rings. The standard InChI is InChI=1S/C16H27N5O9/c17-4-2-1-3-8(19-11(22)7-18)14(27)20-9(5-12(23)24)15(28)21-10(16(29)30)6-13(25)26/h8-10H,1-7,17-18H2,(H,19,22)(H,20,27)(H,21,28)(H,23,24)(H,25,26)(H,29,30). The van der Waals surface area contributed by atoms with Gasteiger partial charge in [-0.1, -0.05) is 0 Å². The lowest BCUT2D eigenvalue weighted by Gasteiger charge is -2.23. The molecular weight excluding hydrogens is 406 g/mol. The van der Waals surface area contributed by atoms with Crippen molar-refractivity contribution in [3.05, 3.63) is 0 Å². The summed E-state index contributed by atoms with van der Waals surface area (Å²) in [6, 6.07) is -4.68. The number of hydrogen-bond acceptors (Lipinski definition) is 8. The minimum Gasteiger partial charge on any atom is -0.481 e. The van der Waals surface area contributed by atoms with E-state index in [1.807, 2.05) is 5.32 Å². The Hall–Kier alpha value is -3.26. The van der Waals surface area contributed by atoms with Crippen molar-refractivity contribution in [3.8, 4) is 0 Å². The molecule has 0 rings (SSSR count). The average Bonchev–Trinajstić information content (AvgIpc) is 2.65. The van der Waals surface area contributed by atoms with Crippen molar-refractivity contribution in [2.45, 2.75) is 50.2 Å². The molecule has 0 bridgehead atoms. The van der Waals surface area contributed by atoms with Crippen molar-refractivity contribution in [1.29, 1.82) is 0 Å². The molecule has 3 unspecified atom stereocenters. The summed E-state index contributed by atoms with van der Waals surface area (Å²) < 4.78 is 0. The van der Waals surface area contributed by atoms with E-state index in [4.69, 9.17) is 26.8 Å². The maximum atomic E-state index is 12.5. The molecule has 0 saturated carbocycles. The lowest BCUT2D eigenvalue weighted by molar-refractivity contribution is -0.148. The first-order valence-corrected chi connectivity index (χ1v) is 8.98. The summed E-state index contributed by atoms with van der Waals surface area (Å²) in [5.74, 6) is -7.39. The summed E-state index contributed by atoms with van der Waals surface area (Å²) in [6.45, 7) is -0.0709. The monoisotopic (exact) mass is 433 g/mol. The van der Waals surface area contributed by atoms with Crippen molar-refractivity contribution in [2.75, 3.05) is 13.1 Å². The van der Waals surface area contributed by atoms with Crippen molar-refractivity contribution in [3.63, 3.8) is 0 Å². The summed E-state index contributed by atoms with van der Waals surface area (Å²) in [5.41, 5.74) is 10.6. The molecule has 170 valence electrons. The minimum absolute atomic E-state index is 0.132. The Morgan fingerprint density at radius 1 is 0.700 bits per heavy atom. The zero-order valence-electron chi connectivity index (χ0n) is 16.1. The molecule has 3 amide bonds. The highest BCUT2D eigenvalue weighted by Gasteiger charge is 2.31. The highest BCUT2D eigenvalue weighted by Crippen LogP contribution is 2.04. The predicted molar refractivity (Wildman–Crippen MR) is 99.9 cm³/mol. The summed E-state index contributed by atoms with van der Waals surface area (Å²) in [5, 5.41) is 33.1. The van der Waals surface area contributed by atoms with Crippen LogP contribution < -0.4 is 27.4 Å². The molecule has 0 heterocycles. The van der Waals surface area contributed by atoms with Gasteiger partial charge in [-0.05, 0) is 25.8 Å². The molecule has 0 aliphatic carbocycles. The zero-order chi connectivity index (χ0) is 23.3. The Morgan fingerprint density at radius 3 is 1.67 bits per heavy atom. The van der Waals surface area contributed by atoms with Crippen LogP contribution in [0.1, 0.15) is 32.1 Å². The molecule has 0 saturated heterocycles. The van der Waals surface area contributed by atoms with Crippen molar-refractivity contribution in [2.24, 2.45) is 11.5 Å². The van der Waals surface area contributed by atoms with Gasteiger partial charge in [0.15, 0.2) is 0 Å². The van der Waals surface area contributed by atoms with E-state index in [1.54, 1.807) is 0 Å². The van der Waals surface area contributed by atoms with E-state index >= 15 is 0 Å². The number of amides is 3. The summed E-state index contributed by atoms with van der Waals surface area (Å²) in [6.07, 6.45) is -0.751. The molecule has 0 aromatic heterocycles. The zero-order valence-corrected chi connectivity index (χ0v) is 16.1. The van der Waals surface area contributed by atoms with Gasteiger partial charge < -0.3 is 42.7 Å². The average molecular weight is 433 g/mol. The van der Waals surface area contributed by atoms with E-state index in [0.717, 1.165) is 0 Å². The number of carbonyl (C=O) groups is 6. The number of rotatable bonds is 15. The molecule has 14 nitrogen and oxygen atoms in total. The fourth-order valence-corrected chi connectivity index (χ4v) is 2.32. The van der Waals surface area contributed by atoms with E-state index in [1.165, 1.54) is 0 Å². The molecule has 0 aliphatic rings. The number of unbranched alkanes of at least 4 members (excludes halogenated alkanes) is 1. The second-order valence-corrected chi connectivity index (χ2v) is 6.26. The Bertz CT molecular complexity index is 655. The SMILES string of the molecule is NCCCCC(NC(=O)CN)C(=O)NC(CC(=O)O)C(=O)NC(CC(=O)O)C(=O)O. The lowest BCUT2D eigenvalue weighted by Crippen LogP contribution is -2.56. The third-order valence-electron chi connectivity index (χ3n) is 3.79. The fraction of sp³-hybridized carbons (Fsp3) is 0.625. The maximum absolute atomic E-state index is 12.5. The van der Waals surface area contributed by atoms with Crippen LogP contribution in [0.25, 0.3) is 0 Å². The number of hydrogen-bond donors (Lipinski definition) is 8. The van der Waals surface area contributed by atoms with Crippen LogP contribution in [-0.4, -0.2) is 82.2 Å². The first-order valence-electron chi connectivity index (χ1n) is 8.98. The second kappa shape index (κ2) is 13.8. The van der Waals surface area contributed by atoms with E-state index in [2.05, 4.69) is 10.6 Å². The highest BCUT2D eigenvalue weighted by atomic mass is 16.4. The third kappa shape index (κ3) is 10.9. The molecule has 3 atom stereocenters.